The number of benzene rings is 1. The standard InChI is InChI=1S/C21H21N3O3/c1-13(2)21(3)20(27)23-18(24-21)17-16(19(25)26)11-15(12-22-17)10-9-14-7-5-4-6-8-14/h4-13H,1-3H3,(H,25,26)(H,23,24,27). The summed E-state index contributed by atoms with van der Waals surface area (Å²) < 4.78 is 0. The number of carbonyl (C=O) groups is 2. The molecule has 2 N–H and O–H groups in total. The maximum Gasteiger partial charge on any atom is 0.338 e. The molecule has 27 heavy (non-hydrogen) atoms. The van der Waals surface area contributed by atoms with Crippen LogP contribution in [0.15, 0.2) is 47.6 Å². The third-order valence-electron chi connectivity index (χ3n) is 4.79. The van der Waals surface area contributed by atoms with E-state index in [1.807, 2.05) is 50.3 Å². The number of nitrogens with zero attached hydrogens (tertiary/aromatic N) is 2. The molecule has 1 unspecified atom stereocenters. The molecule has 0 saturated carbocycles. The van der Waals surface area contributed by atoms with Crippen LogP contribution >= 0.6 is 0 Å². The molecule has 1 aliphatic rings. The van der Waals surface area contributed by atoms with Gasteiger partial charge in [-0.3, -0.25) is 9.78 Å². The number of carboxylic acid groups (broad SMARTS) is 1. The number of hydrogen-bond acceptors (Lipinski definition) is 4. The summed E-state index contributed by atoms with van der Waals surface area (Å²) in [6, 6.07) is 11.2. The van der Waals surface area contributed by atoms with Gasteiger partial charge in [-0.05, 0) is 30.0 Å². The number of amidine groups is 1. The molecule has 0 saturated heterocycles. The van der Waals surface area contributed by atoms with E-state index in [-0.39, 0.29) is 28.9 Å². The summed E-state index contributed by atoms with van der Waals surface area (Å²) >= 11 is 0. The molecule has 2 aromatic rings. The topological polar surface area (TPSA) is 91.7 Å². The van der Waals surface area contributed by atoms with E-state index in [4.69, 9.17) is 0 Å². The van der Waals surface area contributed by atoms with Gasteiger partial charge in [-0.15, -0.1) is 0 Å². The zero-order chi connectivity index (χ0) is 19.6. The molecule has 1 amide bonds. The van der Waals surface area contributed by atoms with Crippen LogP contribution in [0.2, 0.25) is 0 Å². The molecule has 0 aliphatic carbocycles. The van der Waals surface area contributed by atoms with Crippen LogP contribution in [-0.2, 0) is 4.79 Å². The quantitative estimate of drug-likeness (QED) is 0.853. The van der Waals surface area contributed by atoms with Crippen molar-refractivity contribution < 1.29 is 14.7 Å². The lowest BCUT2D eigenvalue weighted by Crippen LogP contribution is -2.41. The lowest BCUT2D eigenvalue weighted by atomic mass is 9.89. The summed E-state index contributed by atoms with van der Waals surface area (Å²) in [5.41, 5.74) is 0.878. The highest BCUT2D eigenvalue weighted by atomic mass is 16.4. The van der Waals surface area contributed by atoms with Gasteiger partial charge in [0.25, 0.3) is 5.91 Å². The number of nitrogens with one attached hydrogen (secondary N) is 1. The molecule has 1 aromatic heterocycles. The van der Waals surface area contributed by atoms with Gasteiger partial charge in [0, 0.05) is 6.20 Å². The number of rotatable bonds is 5. The molecule has 0 radical (unpaired) electrons. The first-order chi connectivity index (χ1) is 12.8. The third-order valence-corrected chi connectivity index (χ3v) is 4.79. The first kappa shape index (κ1) is 18.5. The highest BCUT2D eigenvalue weighted by Crippen LogP contribution is 2.27. The largest absolute Gasteiger partial charge is 0.478 e. The van der Waals surface area contributed by atoms with Gasteiger partial charge in [0.2, 0.25) is 0 Å². The predicted molar refractivity (Wildman–Crippen MR) is 104 cm³/mol. The van der Waals surface area contributed by atoms with Crippen LogP contribution in [0.25, 0.3) is 12.2 Å². The second-order valence-electron chi connectivity index (χ2n) is 6.93. The normalized spacial score (nSPS) is 19.4. The Hall–Kier alpha value is -3.28. The van der Waals surface area contributed by atoms with Crippen LogP contribution in [-0.4, -0.2) is 33.3 Å². The smallest absolute Gasteiger partial charge is 0.338 e. The van der Waals surface area contributed by atoms with Crippen LogP contribution in [0.4, 0.5) is 0 Å². The summed E-state index contributed by atoms with van der Waals surface area (Å²) in [5, 5.41) is 12.3. The Kier molecular flexibility index (Phi) is 4.90. The summed E-state index contributed by atoms with van der Waals surface area (Å²) in [5.74, 6) is -1.20. The number of carbonyl (C=O) groups excluding carboxylic acids is 1. The average Bonchev–Trinajstić information content (AvgIpc) is 2.96. The van der Waals surface area contributed by atoms with Crippen molar-refractivity contribution in [3.63, 3.8) is 0 Å². The fourth-order valence-corrected chi connectivity index (χ4v) is 2.73. The Bertz CT molecular complexity index is 948. The third kappa shape index (κ3) is 3.65. The predicted octanol–water partition coefficient (Wildman–Crippen LogP) is 3.24. The maximum absolute atomic E-state index is 12.3. The van der Waals surface area contributed by atoms with Crippen LogP contribution in [0, 0.1) is 5.92 Å². The number of hydrogen-bond donors (Lipinski definition) is 2. The SMILES string of the molecule is CC(C)C1(C)N=C(c2ncc(C=Cc3ccccc3)cc2C(=O)O)NC1=O. The first-order valence-corrected chi connectivity index (χ1v) is 8.69. The molecular weight excluding hydrogens is 342 g/mol. The van der Waals surface area contributed by atoms with Gasteiger partial charge in [0.15, 0.2) is 5.84 Å². The van der Waals surface area contributed by atoms with Crippen molar-refractivity contribution in [1.29, 1.82) is 0 Å². The minimum absolute atomic E-state index is 0.00253. The van der Waals surface area contributed by atoms with Gasteiger partial charge in [0.05, 0.1) is 5.56 Å². The van der Waals surface area contributed by atoms with E-state index in [0.29, 0.717) is 5.56 Å². The van der Waals surface area contributed by atoms with Crippen LogP contribution in [0.5, 0.6) is 0 Å². The highest BCUT2D eigenvalue weighted by molar-refractivity contribution is 6.17. The van der Waals surface area contributed by atoms with Gasteiger partial charge >= 0.3 is 5.97 Å². The minimum atomic E-state index is -1.12. The minimum Gasteiger partial charge on any atom is -0.478 e. The van der Waals surface area contributed by atoms with Crippen molar-refractivity contribution in [3.05, 3.63) is 65.0 Å². The number of pyridine rings is 1. The van der Waals surface area contributed by atoms with E-state index in [0.717, 1.165) is 5.56 Å². The second kappa shape index (κ2) is 7.15. The summed E-state index contributed by atoms with van der Waals surface area (Å²) in [7, 11) is 0. The van der Waals surface area contributed by atoms with Crippen molar-refractivity contribution in [2.24, 2.45) is 10.9 Å². The molecule has 2 heterocycles. The fourth-order valence-electron chi connectivity index (χ4n) is 2.73. The van der Waals surface area contributed by atoms with Crippen molar-refractivity contribution in [3.8, 4) is 0 Å². The van der Waals surface area contributed by atoms with E-state index in [1.54, 1.807) is 19.2 Å². The van der Waals surface area contributed by atoms with Gasteiger partial charge in [0.1, 0.15) is 11.2 Å². The number of amides is 1. The van der Waals surface area contributed by atoms with Crippen LogP contribution in [0.1, 0.15) is 48.0 Å². The summed E-state index contributed by atoms with van der Waals surface area (Å²) in [6.07, 6.45) is 5.25. The Morgan fingerprint density at radius 1 is 1.19 bits per heavy atom. The molecule has 0 spiro atoms. The molecule has 6 heteroatoms. The van der Waals surface area contributed by atoms with E-state index >= 15 is 0 Å². The summed E-state index contributed by atoms with van der Waals surface area (Å²) in [6.45, 7) is 5.53. The molecule has 3 rings (SSSR count). The summed E-state index contributed by atoms with van der Waals surface area (Å²) in [4.78, 5) is 32.8. The Morgan fingerprint density at radius 3 is 2.44 bits per heavy atom. The van der Waals surface area contributed by atoms with Crippen LogP contribution in [0.3, 0.4) is 0 Å². The average molecular weight is 363 g/mol. The van der Waals surface area contributed by atoms with Gasteiger partial charge in [-0.1, -0.05) is 56.3 Å². The van der Waals surface area contributed by atoms with E-state index < -0.39 is 11.5 Å². The van der Waals surface area contributed by atoms with E-state index in [9.17, 15) is 14.7 Å². The number of aromatic carboxylic acids is 1. The van der Waals surface area contributed by atoms with Gasteiger partial charge in [-0.2, -0.15) is 0 Å². The molecule has 0 fully saturated rings. The van der Waals surface area contributed by atoms with E-state index in [2.05, 4.69) is 15.3 Å². The van der Waals surface area contributed by atoms with Crippen molar-refractivity contribution in [2.45, 2.75) is 26.3 Å². The second-order valence-corrected chi connectivity index (χ2v) is 6.93. The number of aromatic nitrogens is 1. The molecular formula is C21H21N3O3. The van der Waals surface area contributed by atoms with Gasteiger partial charge in [-0.25, -0.2) is 9.79 Å². The highest BCUT2D eigenvalue weighted by Gasteiger charge is 2.43. The zero-order valence-corrected chi connectivity index (χ0v) is 15.4. The zero-order valence-electron chi connectivity index (χ0n) is 15.4. The lowest BCUT2D eigenvalue weighted by molar-refractivity contribution is -0.124. The van der Waals surface area contributed by atoms with Crippen molar-refractivity contribution >= 4 is 29.9 Å². The Balaban J connectivity index is 1.97. The molecule has 0 bridgehead atoms. The number of carboxylic acids is 1. The van der Waals surface area contributed by atoms with Crippen LogP contribution < -0.4 is 5.32 Å². The Labute approximate surface area is 157 Å². The van der Waals surface area contributed by atoms with Crippen molar-refractivity contribution in [2.75, 3.05) is 0 Å². The maximum atomic E-state index is 12.3. The van der Waals surface area contributed by atoms with Crippen molar-refractivity contribution in [1.82, 2.24) is 10.3 Å². The molecule has 6 nitrogen and oxygen atoms in total. The number of aliphatic imine (C=N–C) groups is 1. The molecule has 138 valence electrons. The monoisotopic (exact) mass is 363 g/mol. The van der Waals surface area contributed by atoms with Gasteiger partial charge < -0.3 is 10.4 Å². The molecule has 1 aliphatic heterocycles. The fraction of sp³-hybridized carbons (Fsp3) is 0.238. The Morgan fingerprint density at radius 2 is 1.85 bits per heavy atom. The molecule has 1 aromatic carbocycles. The lowest BCUT2D eigenvalue weighted by Gasteiger charge is -2.21. The van der Waals surface area contributed by atoms with E-state index in [1.165, 1.54) is 6.07 Å². The first-order valence-electron chi connectivity index (χ1n) is 8.69. The molecule has 1 atom stereocenters.